The molecular formula is C9H15NO3. The van der Waals surface area contributed by atoms with E-state index in [1.807, 2.05) is 0 Å². The molecule has 4 nitrogen and oxygen atoms in total. The van der Waals surface area contributed by atoms with Crippen LogP contribution in [0.15, 0.2) is 0 Å². The van der Waals surface area contributed by atoms with Crippen molar-refractivity contribution < 1.29 is 14.3 Å². The van der Waals surface area contributed by atoms with E-state index < -0.39 is 17.5 Å². The topological polar surface area (TPSA) is 69.4 Å². The summed E-state index contributed by atoms with van der Waals surface area (Å²) in [6, 6.07) is 0. The first-order valence-electron chi connectivity index (χ1n) is 4.56. The molecule has 1 saturated carbocycles. The van der Waals surface area contributed by atoms with Crippen molar-refractivity contribution in [2.24, 2.45) is 5.73 Å². The van der Waals surface area contributed by atoms with Crippen molar-refractivity contribution in [1.29, 1.82) is 0 Å². The number of rotatable bonds is 2. The van der Waals surface area contributed by atoms with Crippen LogP contribution in [0.1, 0.15) is 39.0 Å². The van der Waals surface area contributed by atoms with Gasteiger partial charge in [0.25, 0.3) is 5.91 Å². The highest BCUT2D eigenvalue weighted by Crippen LogP contribution is 2.31. The SMILES string of the molecule is CC(=O)OC1(C(N)=O)CCCCC1. The number of hydrogen-bond acceptors (Lipinski definition) is 3. The zero-order valence-electron chi connectivity index (χ0n) is 7.84. The molecule has 74 valence electrons. The van der Waals surface area contributed by atoms with Crippen molar-refractivity contribution in [3.63, 3.8) is 0 Å². The molecule has 0 atom stereocenters. The standard InChI is InChI=1S/C9H15NO3/c1-7(11)13-9(8(10)12)5-3-2-4-6-9/h2-6H2,1H3,(H2,10,12). The van der Waals surface area contributed by atoms with Crippen LogP contribution in [0.4, 0.5) is 0 Å². The summed E-state index contributed by atoms with van der Waals surface area (Å²) in [6.45, 7) is 1.30. The Labute approximate surface area is 77.4 Å². The number of amides is 1. The van der Waals surface area contributed by atoms with Crippen LogP contribution in [0.25, 0.3) is 0 Å². The van der Waals surface area contributed by atoms with Crippen molar-refractivity contribution in [1.82, 2.24) is 0 Å². The number of ether oxygens (including phenoxy) is 1. The third kappa shape index (κ3) is 2.20. The first-order valence-corrected chi connectivity index (χ1v) is 4.56. The molecule has 0 aromatic carbocycles. The molecule has 1 aliphatic rings. The summed E-state index contributed by atoms with van der Waals surface area (Å²) in [4.78, 5) is 21.9. The molecule has 0 aliphatic heterocycles. The van der Waals surface area contributed by atoms with Crippen LogP contribution in [0.3, 0.4) is 0 Å². The van der Waals surface area contributed by atoms with Gasteiger partial charge in [0.1, 0.15) is 0 Å². The lowest BCUT2D eigenvalue weighted by atomic mass is 9.84. The summed E-state index contributed by atoms with van der Waals surface area (Å²) in [5.41, 5.74) is 4.22. The van der Waals surface area contributed by atoms with E-state index in [1.165, 1.54) is 6.92 Å². The Bertz CT molecular complexity index is 219. The third-order valence-corrected chi connectivity index (χ3v) is 2.45. The molecule has 0 bridgehead atoms. The van der Waals surface area contributed by atoms with Gasteiger partial charge in [-0.3, -0.25) is 9.59 Å². The van der Waals surface area contributed by atoms with Crippen molar-refractivity contribution >= 4 is 11.9 Å². The van der Waals surface area contributed by atoms with E-state index in [0.717, 1.165) is 19.3 Å². The summed E-state index contributed by atoms with van der Waals surface area (Å²) in [5.74, 6) is -0.942. The molecule has 0 aromatic heterocycles. The Hall–Kier alpha value is -1.06. The molecule has 1 aliphatic carbocycles. The fraction of sp³-hybridized carbons (Fsp3) is 0.778. The number of nitrogens with two attached hydrogens (primary N) is 1. The highest BCUT2D eigenvalue weighted by Gasteiger charge is 2.40. The molecule has 1 amide bonds. The quantitative estimate of drug-likeness (QED) is 0.645. The largest absolute Gasteiger partial charge is 0.449 e. The smallest absolute Gasteiger partial charge is 0.303 e. The van der Waals surface area contributed by atoms with E-state index >= 15 is 0 Å². The Morgan fingerprint density at radius 1 is 1.23 bits per heavy atom. The molecule has 0 spiro atoms. The predicted octanol–water partition coefficient (Wildman–Crippen LogP) is 0.738. The first-order chi connectivity index (χ1) is 6.07. The molecule has 1 fully saturated rings. The lowest BCUT2D eigenvalue weighted by molar-refractivity contribution is -0.168. The summed E-state index contributed by atoms with van der Waals surface area (Å²) in [7, 11) is 0. The predicted molar refractivity (Wildman–Crippen MR) is 46.8 cm³/mol. The molecule has 4 heteroatoms. The number of primary amides is 1. The highest BCUT2D eigenvalue weighted by atomic mass is 16.6. The zero-order valence-corrected chi connectivity index (χ0v) is 7.84. The highest BCUT2D eigenvalue weighted by molar-refractivity contribution is 5.86. The van der Waals surface area contributed by atoms with Gasteiger partial charge in [-0.1, -0.05) is 6.42 Å². The van der Waals surface area contributed by atoms with Gasteiger partial charge in [0.05, 0.1) is 0 Å². The summed E-state index contributed by atoms with van der Waals surface area (Å²) in [6.07, 6.45) is 4.02. The number of hydrogen-bond donors (Lipinski definition) is 1. The second kappa shape index (κ2) is 3.77. The van der Waals surface area contributed by atoms with Crippen molar-refractivity contribution in [3.8, 4) is 0 Å². The summed E-state index contributed by atoms with van der Waals surface area (Å²) in [5, 5.41) is 0. The van der Waals surface area contributed by atoms with E-state index in [2.05, 4.69) is 0 Å². The molecule has 0 aromatic rings. The minimum absolute atomic E-state index is 0.430. The second-order valence-corrected chi connectivity index (χ2v) is 3.51. The van der Waals surface area contributed by atoms with E-state index in [0.29, 0.717) is 12.8 Å². The Balaban J connectivity index is 2.73. The number of carbonyl (C=O) groups is 2. The van der Waals surface area contributed by atoms with Crippen molar-refractivity contribution in [2.75, 3.05) is 0 Å². The van der Waals surface area contributed by atoms with Crippen LogP contribution in [0, 0.1) is 0 Å². The van der Waals surface area contributed by atoms with Crippen LogP contribution >= 0.6 is 0 Å². The molecule has 0 saturated heterocycles. The minimum Gasteiger partial charge on any atom is -0.449 e. The van der Waals surface area contributed by atoms with Gasteiger partial charge in [-0.05, 0) is 25.7 Å². The van der Waals surface area contributed by atoms with Crippen LogP contribution in [-0.4, -0.2) is 17.5 Å². The lowest BCUT2D eigenvalue weighted by Crippen LogP contribution is -2.48. The maximum absolute atomic E-state index is 11.2. The first kappa shape index (κ1) is 10.0. The zero-order chi connectivity index (χ0) is 9.90. The van der Waals surface area contributed by atoms with E-state index in [1.54, 1.807) is 0 Å². The maximum Gasteiger partial charge on any atom is 0.303 e. The van der Waals surface area contributed by atoms with Crippen LogP contribution in [0.5, 0.6) is 0 Å². The van der Waals surface area contributed by atoms with Gasteiger partial charge < -0.3 is 10.5 Å². The van der Waals surface area contributed by atoms with Crippen LogP contribution in [-0.2, 0) is 14.3 Å². The molecule has 1 rings (SSSR count). The lowest BCUT2D eigenvalue weighted by Gasteiger charge is -2.33. The molecule has 0 heterocycles. The summed E-state index contributed by atoms with van der Waals surface area (Å²) >= 11 is 0. The Kier molecular flexibility index (Phi) is 2.90. The van der Waals surface area contributed by atoms with E-state index in [9.17, 15) is 9.59 Å². The fourth-order valence-corrected chi connectivity index (χ4v) is 1.80. The molecule has 0 radical (unpaired) electrons. The number of carbonyl (C=O) groups excluding carboxylic acids is 2. The van der Waals surface area contributed by atoms with Crippen molar-refractivity contribution in [2.45, 2.75) is 44.6 Å². The molecule has 13 heavy (non-hydrogen) atoms. The number of esters is 1. The van der Waals surface area contributed by atoms with Gasteiger partial charge in [0.15, 0.2) is 5.60 Å². The Morgan fingerprint density at radius 2 is 1.77 bits per heavy atom. The van der Waals surface area contributed by atoms with Gasteiger partial charge in [0.2, 0.25) is 0 Å². The fourth-order valence-electron chi connectivity index (χ4n) is 1.80. The molecule has 2 N–H and O–H groups in total. The second-order valence-electron chi connectivity index (χ2n) is 3.51. The van der Waals surface area contributed by atoms with E-state index in [-0.39, 0.29) is 0 Å². The average molecular weight is 185 g/mol. The van der Waals surface area contributed by atoms with Gasteiger partial charge in [-0.2, -0.15) is 0 Å². The van der Waals surface area contributed by atoms with Gasteiger partial charge in [0, 0.05) is 6.92 Å². The van der Waals surface area contributed by atoms with Gasteiger partial charge in [-0.15, -0.1) is 0 Å². The van der Waals surface area contributed by atoms with E-state index in [4.69, 9.17) is 10.5 Å². The summed E-state index contributed by atoms with van der Waals surface area (Å²) < 4.78 is 5.03. The average Bonchev–Trinajstić information content (AvgIpc) is 2.04. The Morgan fingerprint density at radius 3 is 2.15 bits per heavy atom. The third-order valence-electron chi connectivity index (χ3n) is 2.45. The van der Waals surface area contributed by atoms with Gasteiger partial charge in [-0.25, -0.2) is 0 Å². The molecular weight excluding hydrogens is 170 g/mol. The van der Waals surface area contributed by atoms with Crippen molar-refractivity contribution in [3.05, 3.63) is 0 Å². The maximum atomic E-state index is 11.2. The molecule has 0 unspecified atom stereocenters. The van der Waals surface area contributed by atoms with Gasteiger partial charge >= 0.3 is 5.97 Å². The van der Waals surface area contributed by atoms with Crippen LogP contribution in [0.2, 0.25) is 0 Å². The minimum atomic E-state index is -1.01. The normalized spacial score (nSPS) is 20.7. The van der Waals surface area contributed by atoms with Crippen LogP contribution < -0.4 is 5.73 Å². The monoisotopic (exact) mass is 185 g/mol.